The van der Waals surface area contributed by atoms with E-state index in [1.807, 2.05) is 140 Å². The molecule has 25 rings (SSSR count). The molecule has 9 nitrogen and oxygen atoms in total. The van der Waals surface area contributed by atoms with Crippen LogP contribution < -0.4 is 15.1 Å². The molecule has 1 unspecified atom stereocenters. The van der Waals surface area contributed by atoms with Crippen molar-refractivity contribution in [2.75, 3.05) is 0 Å². The minimum Gasteiger partial charge on any atom is -0.872 e. The average Bonchev–Trinajstić information content (AvgIpc) is 1.51. The molecule has 0 saturated heterocycles. The molecule has 12 heteroatoms. The standard InChI is InChI=1S/C40H25N3.C39H26N2.2C17H11NOS.Be/c1-3-13-26(14-4-1)37-41-38(27-15-5-2-6-16-27)43-39(42-37)28-23-24-32-31-19-9-12-22-35(31)40(36(32)25-28)33-20-10-7-17-29(33)30-18-8-11-21-34(30)40;1-26-15-18-28(19-16-26)39(35-13-7-5-11-31(35)33-23-27(25-40)17-21-36(33)39)29-20-22-38-34(24-29)32-12-6-8-14-37(32)41(38)30-9-3-2-4-10-30;2*19-15-10-12-6-2-1-5-11(12)9-13(15)17-18-14-7-3-4-8-16(14)20-17;/h1-25H;2-24H,1H3;2*1-10,19H;/q;;;;+2/p+1. The van der Waals surface area contributed by atoms with E-state index in [1.165, 1.54) is 104 Å². The summed E-state index contributed by atoms with van der Waals surface area (Å²) in [5, 5.41) is 41.0. The van der Waals surface area contributed by atoms with E-state index in [4.69, 9.17) is 15.0 Å². The maximum Gasteiger partial charge on any atom is 2.00 e. The second-order valence-corrected chi connectivity index (χ2v) is 33.8. The first-order valence-electron chi connectivity index (χ1n) is 41.5. The number of hydrogen-bond acceptors (Lipinski definition) is 8. The molecule has 584 valence electrons. The van der Waals surface area contributed by atoms with Gasteiger partial charge in [-0.25, -0.2) is 15.0 Å². The van der Waals surface area contributed by atoms with Crippen molar-refractivity contribution >= 4 is 96.6 Å². The minimum absolute atomic E-state index is 0. The van der Waals surface area contributed by atoms with Gasteiger partial charge in [0.25, 0.3) is 10.0 Å². The number of fused-ring (bicyclic) bond motifs is 20. The van der Waals surface area contributed by atoms with Crippen molar-refractivity contribution in [2.45, 2.75) is 17.8 Å². The third-order valence-electron chi connectivity index (χ3n) is 24.6. The van der Waals surface area contributed by atoms with Crippen molar-refractivity contribution in [3.05, 3.63) is 468 Å². The van der Waals surface area contributed by atoms with E-state index in [9.17, 15) is 15.5 Å². The van der Waals surface area contributed by atoms with Gasteiger partial charge in [-0.2, -0.15) is 15.2 Å². The molecule has 1 spiro atoms. The third kappa shape index (κ3) is 13.1. The van der Waals surface area contributed by atoms with Crippen LogP contribution in [0.5, 0.6) is 11.5 Å². The van der Waals surface area contributed by atoms with E-state index in [0.717, 1.165) is 86.4 Å². The average molecular weight is 1640 g/mol. The van der Waals surface area contributed by atoms with Gasteiger partial charge in [0.1, 0.15) is 15.1 Å². The predicted molar refractivity (Wildman–Crippen MR) is 509 cm³/mol. The van der Waals surface area contributed by atoms with Gasteiger partial charge < -0.3 is 14.8 Å². The van der Waals surface area contributed by atoms with Crippen molar-refractivity contribution in [2.24, 2.45) is 0 Å². The monoisotopic (exact) mass is 1630 g/mol. The second kappa shape index (κ2) is 31.7. The number of aromatic nitrogens is 6. The molecule has 0 saturated carbocycles. The van der Waals surface area contributed by atoms with Gasteiger partial charge in [-0.1, -0.05) is 356 Å². The number of nitrogens with zero attached hydrogens (tertiary/aromatic N) is 5. The summed E-state index contributed by atoms with van der Waals surface area (Å²) in [6, 6.07) is 146. The van der Waals surface area contributed by atoms with E-state index in [1.54, 1.807) is 28.7 Å². The Balaban J connectivity index is 0.000000108. The number of nitrogens with one attached hydrogen (secondary N) is 2. The van der Waals surface area contributed by atoms with Crippen LogP contribution in [0.1, 0.15) is 55.6 Å². The molecule has 4 heterocycles. The number of H-pyrrole nitrogens is 2. The number of aromatic hydroxyl groups is 1. The summed E-state index contributed by atoms with van der Waals surface area (Å²) in [6.07, 6.45) is 0. The summed E-state index contributed by atoms with van der Waals surface area (Å²) in [6.45, 7) is 2.14. The molecule has 0 amide bonds. The van der Waals surface area contributed by atoms with Crippen molar-refractivity contribution in [3.8, 4) is 112 Å². The van der Waals surface area contributed by atoms with Crippen LogP contribution in [0.3, 0.4) is 0 Å². The molecule has 0 fully saturated rings. The Morgan fingerprint density at radius 1 is 0.336 bits per heavy atom. The zero-order chi connectivity index (χ0) is 83.0. The predicted octanol–water partition coefficient (Wildman–Crippen LogP) is 26.0. The van der Waals surface area contributed by atoms with Gasteiger partial charge in [-0.3, -0.25) is 0 Å². The van der Waals surface area contributed by atoms with Crippen molar-refractivity contribution < 1.29 is 20.2 Å². The fourth-order valence-electron chi connectivity index (χ4n) is 19.1. The summed E-state index contributed by atoms with van der Waals surface area (Å²) < 4.78 is 4.72. The molecular formula is C113H74BeN7O2S2+3. The Bertz CT molecular complexity index is 7680. The number of hydrogen-bond donors (Lipinski definition) is 1. The van der Waals surface area contributed by atoms with Crippen molar-refractivity contribution in [1.29, 1.82) is 5.26 Å². The van der Waals surface area contributed by atoms with Crippen LogP contribution in [-0.4, -0.2) is 34.7 Å². The van der Waals surface area contributed by atoms with Crippen molar-refractivity contribution in [3.63, 3.8) is 0 Å². The summed E-state index contributed by atoms with van der Waals surface area (Å²) >= 11 is 3.28. The van der Waals surface area contributed by atoms with Gasteiger partial charge >= 0.3 is 10.1 Å². The Kier molecular flexibility index (Phi) is 19.5. The molecule has 18 aromatic carbocycles. The first-order chi connectivity index (χ1) is 61.1. The first-order valence-corrected chi connectivity index (χ1v) is 43.1. The van der Waals surface area contributed by atoms with Crippen molar-refractivity contribution in [1.82, 2.24) is 19.5 Å². The van der Waals surface area contributed by atoms with E-state index in [-0.39, 0.29) is 15.9 Å². The zero-order valence-electron chi connectivity index (χ0n) is 67.9. The number of aryl methyl sites for hydroxylation is 1. The number of para-hydroxylation sites is 4. The van der Waals surface area contributed by atoms with Crippen LogP contribution in [0.25, 0.3) is 158 Å². The van der Waals surface area contributed by atoms with E-state index < -0.39 is 10.8 Å². The third-order valence-corrected chi connectivity index (χ3v) is 26.8. The van der Waals surface area contributed by atoms with Gasteiger partial charge in [-0.15, -0.1) is 0 Å². The Morgan fingerprint density at radius 3 is 1.34 bits per heavy atom. The molecule has 0 bridgehead atoms. The Hall–Kier alpha value is -15.7. The maximum absolute atomic E-state index is 12.3. The van der Waals surface area contributed by atoms with Crippen LogP contribution >= 0.6 is 22.7 Å². The number of rotatable bonds is 8. The number of thiazole rings is 2. The van der Waals surface area contributed by atoms with E-state index >= 15 is 0 Å². The van der Waals surface area contributed by atoms with Crippen LogP contribution in [0.15, 0.2) is 413 Å². The number of phenolic OH excluding ortho intramolecular Hbond substituents is 1. The number of nitriles is 1. The molecule has 3 aliphatic carbocycles. The minimum atomic E-state index is -0.516. The van der Waals surface area contributed by atoms with Crippen LogP contribution in [-0.2, 0) is 10.8 Å². The van der Waals surface area contributed by atoms with Gasteiger partial charge in [0.2, 0.25) is 11.0 Å². The Labute approximate surface area is 734 Å². The normalized spacial score (nSPS) is 13.2. The van der Waals surface area contributed by atoms with Gasteiger partial charge in [0.15, 0.2) is 17.5 Å². The fourth-order valence-corrected chi connectivity index (χ4v) is 21.1. The summed E-state index contributed by atoms with van der Waals surface area (Å²) in [5.41, 5.74) is 28.8. The smallest absolute Gasteiger partial charge is 0.872 e. The second-order valence-electron chi connectivity index (χ2n) is 31.7. The molecule has 22 aromatic rings. The molecule has 0 radical (unpaired) electrons. The molecule has 3 aliphatic rings. The maximum atomic E-state index is 12.3. The Morgan fingerprint density at radius 2 is 0.768 bits per heavy atom. The molecular weight excluding hydrogens is 1560 g/mol. The van der Waals surface area contributed by atoms with Crippen LogP contribution in [0.4, 0.5) is 0 Å². The largest absolute Gasteiger partial charge is 2.00 e. The van der Waals surface area contributed by atoms with Gasteiger partial charge in [0, 0.05) is 45.3 Å². The summed E-state index contributed by atoms with van der Waals surface area (Å²) in [7, 11) is 0. The van der Waals surface area contributed by atoms with Gasteiger partial charge in [-0.05, 0) is 185 Å². The SMILES string of the molecule is Cc1ccc(C2(c3ccc4c(c3)c3ccccc3n4-c3ccccc3)c3ccccc3-c3cc(C#N)ccc32)cc1.Oc1cc2ccccc2cc1-c1[nH+]c2ccccc2s1.[Be+2].[O-]c1cc2ccccc2cc1-c1[nH+]c2ccccc2s1.c1ccc(-c2nc(-c3ccccc3)nc(-c3ccc4c(c3)C3(c5ccccc5-c5ccccc53)c3ccccc3-4)n2)cc1. The summed E-state index contributed by atoms with van der Waals surface area (Å²) in [5.74, 6) is 2.37. The van der Waals surface area contributed by atoms with Crippen LogP contribution in [0.2, 0.25) is 0 Å². The number of aromatic amines is 2. The molecule has 0 aliphatic heterocycles. The molecule has 1 atom stereocenters. The topological polar surface area (TPSA) is 139 Å². The fraction of sp³-hybridized carbons (Fsp3) is 0.0265. The molecule has 4 aromatic heterocycles. The summed E-state index contributed by atoms with van der Waals surface area (Å²) in [4.78, 5) is 21.7. The number of phenols is 1. The zero-order valence-corrected chi connectivity index (χ0v) is 69.5. The quantitative estimate of drug-likeness (QED) is 0.150. The van der Waals surface area contributed by atoms with E-state index in [0.29, 0.717) is 28.8 Å². The first kappa shape index (κ1) is 76.7. The van der Waals surface area contributed by atoms with E-state index in [2.05, 4.69) is 294 Å². The van der Waals surface area contributed by atoms with Gasteiger partial charge in [0.05, 0.1) is 44.6 Å². The van der Waals surface area contributed by atoms with Crippen LogP contribution in [0, 0.1) is 18.3 Å². The molecule has 125 heavy (non-hydrogen) atoms. The number of benzene rings is 18. The molecule has 3 N–H and O–H groups in total.